The van der Waals surface area contributed by atoms with Gasteiger partial charge in [-0.25, -0.2) is 9.79 Å². The Balaban J connectivity index is 2.00. The number of piperidine rings is 1. The highest BCUT2D eigenvalue weighted by Gasteiger charge is 2.24. The molecule has 0 radical (unpaired) electrons. The van der Waals surface area contributed by atoms with Gasteiger partial charge in [-0.1, -0.05) is 11.6 Å². The van der Waals surface area contributed by atoms with Crippen molar-refractivity contribution >= 4 is 23.7 Å². The third kappa shape index (κ3) is 6.86. The Morgan fingerprint density at radius 1 is 1.23 bits per heavy atom. The number of halogens is 1. The standard InChI is InChI=1S/C21H33ClN4O4/c1-5-23-20(25-16-8-10-26(11-9-16)21(27)30-7-3)24-14-15-12-17(22)19(29-6-2)18(13-15)28-4/h12-13,16H,5-11,14H2,1-4H3,(H2,23,24,25). The smallest absolute Gasteiger partial charge is 0.409 e. The van der Waals surface area contributed by atoms with E-state index in [2.05, 4.69) is 15.6 Å². The van der Waals surface area contributed by atoms with Gasteiger partial charge in [0.25, 0.3) is 0 Å². The van der Waals surface area contributed by atoms with Crippen LogP contribution in [-0.4, -0.2) is 63.0 Å². The Kier molecular flexibility index (Phi) is 9.86. The third-order valence-corrected chi connectivity index (χ3v) is 4.98. The van der Waals surface area contributed by atoms with Gasteiger partial charge in [0.15, 0.2) is 17.5 Å². The van der Waals surface area contributed by atoms with E-state index in [0.717, 1.165) is 30.9 Å². The molecule has 0 spiro atoms. The maximum atomic E-state index is 11.9. The van der Waals surface area contributed by atoms with Crippen LogP contribution in [-0.2, 0) is 11.3 Å². The fourth-order valence-electron chi connectivity index (χ4n) is 3.25. The average molecular weight is 441 g/mol. The number of ether oxygens (including phenoxy) is 3. The molecule has 1 heterocycles. The van der Waals surface area contributed by atoms with Gasteiger partial charge in [-0.15, -0.1) is 0 Å². The van der Waals surface area contributed by atoms with E-state index in [4.69, 9.17) is 25.8 Å². The van der Waals surface area contributed by atoms with Crippen LogP contribution in [0.25, 0.3) is 0 Å². The van der Waals surface area contributed by atoms with Crippen LogP contribution in [0.15, 0.2) is 17.1 Å². The summed E-state index contributed by atoms with van der Waals surface area (Å²) in [6.45, 7) is 9.19. The first-order valence-corrected chi connectivity index (χ1v) is 10.9. The molecular weight excluding hydrogens is 408 g/mol. The van der Waals surface area contributed by atoms with Gasteiger partial charge < -0.3 is 29.7 Å². The maximum Gasteiger partial charge on any atom is 0.409 e. The second kappa shape index (κ2) is 12.4. The highest BCUT2D eigenvalue weighted by Crippen LogP contribution is 2.36. The summed E-state index contributed by atoms with van der Waals surface area (Å²) in [6.07, 6.45) is 1.44. The zero-order valence-corrected chi connectivity index (χ0v) is 19.1. The van der Waals surface area contributed by atoms with E-state index >= 15 is 0 Å². The molecule has 168 valence electrons. The van der Waals surface area contributed by atoms with Crippen molar-refractivity contribution in [3.05, 3.63) is 22.7 Å². The maximum absolute atomic E-state index is 11.9. The van der Waals surface area contributed by atoms with Crippen molar-refractivity contribution in [3.63, 3.8) is 0 Å². The summed E-state index contributed by atoms with van der Waals surface area (Å²) in [4.78, 5) is 18.3. The Morgan fingerprint density at radius 3 is 2.57 bits per heavy atom. The highest BCUT2D eigenvalue weighted by molar-refractivity contribution is 6.32. The van der Waals surface area contributed by atoms with E-state index in [9.17, 15) is 4.79 Å². The molecular formula is C21H33ClN4O4. The number of likely N-dealkylation sites (tertiary alicyclic amines) is 1. The largest absolute Gasteiger partial charge is 0.493 e. The first-order chi connectivity index (χ1) is 14.5. The number of aliphatic imine (C=N–C) groups is 1. The second-order valence-corrected chi connectivity index (χ2v) is 7.25. The van der Waals surface area contributed by atoms with Crippen molar-refractivity contribution in [1.82, 2.24) is 15.5 Å². The topological polar surface area (TPSA) is 84.4 Å². The Morgan fingerprint density at radius 2 is 1.97 bits per heavy atom. The molecule has 1 fully saturated rings. The van der Waals surface area contributed by atoms with Crippen LogP contribution in [0.4, 0.5) is 4.79 Å². The van der Waals surface area contributed by atoms with Crippen LogP contribution in [0.1, 0.15) is 39.2 Å². The number of methoxy groups -OCH3 is 1. The monoisotopic (exact) mass is 440 g/mol. The lowest BCUT2D eigenvalue weighted by Gasteiger charge is -2.32. The van der Waals surface area contributed by atoms with Crippen LogP contribution in [0, 0.1) is 0 Å². The molecule has 1 saturated heterocycles. The van der Waals surface area contributed by atoms with Crippen molar-refractivity contribution in [2.75, 3.05) is 40.0 Å². The predicted molar refractivity (Wildman–Crippen MR) is 119 cm³/mol. The van der Waals surface area contributed by atoms with Crippen LogP contribution in [0.2, 0.25) is 5.02 Å². The number of carbonyl (C=O) groups excluding carboxylic acids is 1. The quantitative estimate of drug-likeness (QED) is 0.476. The molecule has 0 aliphatic carbocycles. The molecule has 30 heavy (non-hydrogen) atoms. The molecule has 1 aliphatic heterocycles. The SMILES string of the molecule is CCNC(=NCc1cc(Cl)c(OCC)c(OC)c1)NC1CCN(C(=O)OCC)CC1. The summed E-state index contributed by atoms with van der Waals surface area (Å²) in [5.41, 5.74) is 0.926. The summed E-state index contributed by atoms with van der Waals surface area (Å²) in [6, 6.07) is 3.98. The van der Waals surface area contributed by atoms with Crippen molar-refractivity contribution in [2.24, 2.45) is 4.99 Å². The minimum atomic E-state index is -0.238. The summed E-state index contributed by atoms with van der Waals surface area (Å²) >= 11 is 6.36. The minimum Gasteiger partial charge on any atom is -0.493 e. The first kappa shape index (κ1) is 23.9. The van der Waals surface area contributed by atoms with Crippen molar-refractivity contribution in [1.29, 1.82) is 0 Å². The van der Waals surface area contributed by atoms with Crippen LogP contribution >= 0.6 is 11.6 Å². The summed E-state index contributed by atoms with van der Waals surface area (Å²) in [7, 11) is 1.59. The van der Waals surface area contributed by atoms with Gasteiger partial charge in [-0.3, -0.25) is 0 Å². The summed E-state index contributed by atoms with van der Waals surface area (Å²) in [5.74, 6) is 1.88. The average Bonchev–Trinajstić information content (AvgIpc) is 2.74. The van der Waals surface area contributed by atoms with E-state index in [0.29, 0.717) is 49.4 Å². The summed E-state index contributed by atoms with van der Waals surface area (Å²) < 4.78 is 16.1. The molecule has 1 amide bonds. The zero-order chi connectivity index (χ0) is 21.9. The van der Waals surface area contributed by atoms with Crippen LogP contribution < -0.4 is 20.1 Å². The number of benzene rings is 1. The van der Waals surface area contributed by atoms with E-state index in [1.807, 2.05) is 32.9 Å². The van der Waals surface area contributed by atoms with Gasteiger partial charge in [0.2, 0.25) is 0 Å². The summed E-state index contributed by atoms with van der Waals surface area (Å²) in [5, 5.41) is 7.24. The third-order valence-electron chi connectivity index (χ3n) is 4.70. The lowest BCUT2D eigenvalue weighted by molar-refractivity contribution is 0.0963. The lowest BCUT2D eigenvalue weighted by atomic mass is 10.1. The van der Waals surface area contributed by atoms with E-state index < -0.39 is 0 Å². The normalized spacial score (nSPS) is 15.0. The van der Waals surface area contributed by atoms with Gasteiger partial charge in [0.1, 0.15) is 0 Å². The van der Waals surface area contributed by atoms with Gasteiger partial charge in [-0.05, 0) is 51.3 Å². The van der Waals surface area contributed by atoms with Gasteiger partial charge >= 0.3 is 6.09 Å². The number of carbonyl (C=O) groups is 1. The fraction of sp³-hybridized carbons (Fsp3) is 0.619. The molecule has 0 saturated carbocycles. The van der Waals surface area contributed by atoms with Crippen LogP contribution in [0.3, 0.4) is 0 Å². The zero-order valence-electron chi connectivity index (χ0n) is 18.3. The van der Waals surface area contributed by atoms with Crippen LogP contribution in [0.5, 0.6) is 11.5 Å². The molecule has 0 atom stereocenters. The number of hydrogen-bond donors (Lipinski definition) is 2. The Bertz CT molecular complexity index is 721. The Labute approximate surface area is 183 Å². The van der Waals surface area contributed by atoms with E-state index in [-0.39, 0.29) is 12.1 Å². The van der Waals surface area contributed by atoms with E-state index in [1.54, 1.807) is 12.0 Å². The number of nitrogens with zero attached hydrogens (tertiary/aromatic N) is 2. The molecule has 0 unspecified atom stereocenters. The van der Waals surface area contributed by atoms with Crippen molar-refractivity contribution in [3.8, 4) is 11.5 Å². The van der Waals surface area contributed by atoms with Gasteiger partial charge in [0, 0.05) is 25.7 Å². The second-order valence-electron chi connectivity index (χ2n) is 6.84. The number of rotatable bonds is 8. The molecule has 2 N–H and O–H groups in total. The Hall–Kier alpha value is -2.35. The molecule has 9 heteroatoms. The molecule has 1 aromatic rings. The number of nitrogens with one attached hydrogen (secondary N) is 2. The molecule has 0 bridgehead atoms. The molecule has 1 aliphatic rings. The molecule has 0 aromatic heterocycles. The number of amides is 1. The molecule has 8 nitrogen and oxygen atoms in total. The number of guanidine groups is 1. The molecule has 1 aromatic carbocycles. The predicted octanol–water partition coefficient (Wildman–Crippen LogP) is 3.42. The lowest BCUT2D eigenvalue weighted by Crippen LogP contribution is -2.49. The fourth-order valence-corrected chi connectivity index (χ4v) is 3.54. The minimum absolute atomic E-state index is 0.238. The van der Waals surface area contributed by atoms with Crippen molar-refractivity contribution in [2.45, 2.75) is 46.2 Å². The van der Waals surface area contributed by atoms with E-state index in [1.165, 1.54) is 0 Å². The van der Waals surface area contributed by atoms with Crippen molar-refractivity contribution < 1.29 is 19.0 Å². The highest BCUT2D eigenvalue weighted by atomic mass is 35.5. The van der Waals surface area contributed by atoms with Gasteiger partial charge in [-0.2, -0.15) is 0 Å². The number of hydrogen-bond acceptors (Lipinski definition) is 5. The first-order valence-electron chi connectivity index (χ1n) is 10.5. The van der Waals surface area contributed by atoms with Gasteiger partial charge in [0.05, 0.1) is 31.9 Å². The molecule has 2 rings (SSSR count).